The molecule has 0 aromatic carbocycles. The third-order valence-corrected chi connectivity index (χ3v) is 3.31. The molecule has 2 fully saturated rings. The molecule has 2 rings (SSSR count). The first-order chi connectivity index (χ1) is 8.34. The molecule has 1 N–H and O–H groups in total. The van der Waals surface area contributed by atoms with E-state index in [0.717, 1.165) is 19.6 Å². The van der Waals surface area contributed by atoms with Crippen LogP contribution >= 0.6 is 0 Å². The topological polar surface area (TPSA) is 50.8 Å². The first-order valence-electron chi connectivity index (χ1n) is 6.69. The van der Waals surface area contributed by atoms with Crippen LogP contribution in [0.2, 0.25) is 0 Å². The summed E-state index contributed by atoms with van der Waals surface area (Å²) in [5, 5.41) is 3.39. The maximum Gasteiger partial charge on any atom is 0.410 e. The zero-order valence-electron chi connectivity index (χ0n) is 11.8. The van der Waals surface area contributed by atoms with E-state index >= 15 is 0 Å². The molecule has 1 spiro atoms. The third kappa shape index (κ3) is 2.95. The second-order valence-corrected chi connectivity index (χ2v) is 6.29. The molecular weight excluding hydrogens is 232 g/mol. The van der Waals surface area contributed by atoms with Gasteiger partial charge >= 0.3 is 6.09 Å². The van der Waals surface area contributed by atoms with Crippen LogP contribution in [0, 0.1) is 0 Å². The number of rotatable bonds is 2. The summed E-state index contributed by atoms with van der Waals surface area (Å²) in [4.78, 5) is 13.5. The number of hydrogen-bond acceptors (Lipinski definition) is 4. The van der Waals surface area contributed by atoms with Crippen LogP contribution in [0.25, 0.3) is 0 Å². The van der Waals surface area contributed by atoms with Gasteiger partial charge in [0.2, 0.25) is 0 Å². The SMILES string of the molecule is CCNC1COC2(C1)CN(C(=O)OC(C)(C)C)C2. The molecule has 0 bridgehead atoms. The predicted molar refractivity (Wildman–Crippen MR) is 68.6 cm³/mol. The Hall–Kier alpha value is -0.810. The number of carbonyl (C=O) groups is 1. The monoisotopic (exact) mass is 256 g/mol. The predicted octanol–water partition coefficient (Wildman–Crippen LogP) is 1.37. The number of ether oxygens (including phenoxy) is 2. The van der Waals surface area contributed by atoms with Crippen molar-refractivity contribution in [3.8, 4) is 0 Å². The maximum absolute atomic E-state index is 11.8. The third-order valence-electron chi connectivity index (χ3n) is 3.31. The summed E-state index contributed by atoms with van der Waals surface area (Å²) in [6.45, 7) is 10.8. The molecule has 0 aromatic rings. The zero-order valence-corrected chi connectivity index (χ0v) is 11.8. The van der Waals surface area contributed by atoms with Crippen molar-refractivity contribution < 1.29 is 14.3 Å². The average molecular weight is 256 g/mol. The molecule has 5 nitrogen and oxygen atoms in total. The van der Waals surface area contributed by atoms with E-state index in [-0.39, 0.29) is 11.7 Å². The number of likely N-dealkylation sites (N-methyl/N-ethyl adjacent to an activating group) is 1. The molecule has 5 heteroatoms. The molecule has 0 saturated carbocycles. The Bertz CT molecular complexity index is 319. The number of likely N-dealkylation sites (tertiary alicyclic amines) is 1. The minimum Gasteiger partial charge on any atom is -0.444 e. The zero-order chi connectivity index (χ0) is 13.4. The Morgan fingerprint density at radius 1 is 1.50 bits per heavy atom. The van der Waals surface area contributed by atoms with Crippen molar-refractivity contribution in [2.75, 3.05) is 26.2 Å². The fraction of sp³-hybridized carbons (Fsp3) is 0.923. The van der Waals surface area contributed by atoms with Gasteiger partial charge in [-0.25, -0.2) is 4.79 Å². The number of nitrogens with one attached hydrogen (secondary N) is 1. The molecule has 0 aromatic heterocycles. The Morgan fingerprint density at radius 3 is 2.72 bits per heavy atom. The highest BCUT2D eigenvalue weighted by molar-refractivity contribution is 5.69. The molecule has 2 saturated heterocycles. The highest BCUT2D eigenvalue weighted by Crippen LogP contribution is 2.35. The summed E-state index contributed by atoms with van der Waals surface area (Å²) < 4.78 is 11.2. The van der Waals surface area contributed by atoms with Gasteiger partial charge in [0.1, 0.15) is 11.2 Å². The van der Waals surface area contributed by atoms with Crippen LogP contribution in [-0.2, 0) is 9.47 Å². The normalized spacial score (nSPS) is 26.2. The average Bonchev–Trinajstić information content (AvgIpc) is 2.57. The molecule has 2 aliphatic rings. The summed E-state index contributed by atoms with van der Waals surface area (Å²) in [6.07, 6.45) is 0.753. The minimum absolute atomic E-state index is 0.121. The lowest BCUT2D eigenvalue weighted by Gasteiger charge is -2.46. The standard InChI is InChI=1S/C13H24N2O3/c1-5-14-10-6-13(17-7-10)8-15(9-13)11(16)18-12(2,3)4/h10,14H,5-9H2,1-4H3. The molecule has 104 valence electrons. The lowest BCUT2D eigenvalue weighted by Crippen LogP contribution is -2.64. The van der Waals surface area contributed by atoms with E-state index in [1.54, 1.807) is 4.90 Å². The smallest absolute Gasteiger partial charge is 0.410 e. The van der Waals surface area contributed by atoms with Crippen molar-refractivity contribution in [2.24, 2.45) is 0 Å². The van der Waals surface area contributed by atoms with Crippen molar-refractivity contribution in [3.05, 3.63) is 0 Å². The van der Waals surface area contributed by atoms with Crippen molar-refractivity contribution in [2.45, 2.75) is 51.4 Å². The summed E-state index contributed by atoms with van der Waals surface area (Å²) >= 11 is 0. The van der Waals surface area contributed by atoms with Crippen molar-refractivity contribution in [1.82, 2.24) is 10.2 Å². The Labute approximate surface area is 109 Å². The molecule has 2 aliphatic heterocycles. The summed E-state index contributed by atoms with van der Waals surface area (Å²) in [5.74, 6) is 0. The van der Waals surface area contributed by atoms with Crippen molar-refractivity contribution in [1.29, 1.82) is 0 Å². The molecule has 2 heterocycles. The Balaban J connectivity index is 1.78. The molecule has 18 heavy (non-hydrogen) atoms. The van der Waals surface area contributed by atoms with E-state index in [2.05, 4.69) is 12.2 Å². The maximum atomic E-state index is 11.8. The largest absolute Gasteiger partial charge is 0.444 e. The van der Waals surface area contributed by atoms with Crippen molar-refractivity contribution in [3.63, 3.8) is 0 Å². The van der Waals surface area contributed by atoms with Gasteiger partial charge in [-0.1, -0.05) is 6.92 Å². The molecule has 1 amide bonds. The molecular formula is C13H24N2O3. The number of nitrogens with zero attached hydrogens (tertiary/aromatic N) is 1. The van der Waals surface area contributed by atoms with Gasteiger partial charge in [0.25, 0.3) is 0 Å². The fourth-order valence-corrected chi connectivity index (χ4v) is 2.59. The first-order valence-corrected chi connectivity index (χ1v) is 6.69. The van der Waals surface area contributed by atoms with Crippen LogP contribution < -0.4 is 5.32 Å². The molecule has 1 unspecified atom stereocenters. The van der Waals surface area contributed by atoms with Crippen LogP contribution in [0.3, 0.4) is 0 Å². The van der Waals surface area contributed by atoms with Crippen LogP contribution in [0.15, 0.2) is 0 Å². The van der Waals surface area contributed by atoms with Crippen molar-refractivity contribution >= 4 is 6.09 Å². The summed E-state index contributed by atoms with van der Waals surface area (Å²) in [7, 11) is 0. The van der Waals surface area contributed by atoms with E-state index in [1.165, 1.54) is 0 Å². The Kier molecular flexibility index (Phi) is 3.56. The summed E-state index contributed by atoms with van der Waals surface area (Å²) in [6, 6.07) is 0.427. The van der Waals surface area contributed by atoms with E-state index in [0.29, 0.717) is 19.1 Å². The molecule has 1 atom stereocenters. The van der Waals surface area contributed by atoms with Crippen LogP contribution in [0.1, 0.15) is 34.1 Å². The van der Waals surface area contributed by atoms with E-state index in [9.17, 15) is 4.79 Å². The highest BCUT2D eigenvalue weighted by Gasteiger charge is 2.51. The number of amides is 1. The van der Waals surface area contributed by atoms with E-state index in [1.807, 2.05) is 20.8 Å². The van der Waals surface area contributed by atoms with Crippen LogP contribution in [-0.4, -0.2) is 54.5 Å². The highest BCUT2D eigenvalue weighted by atomic mass is 16.6. The lowest BCUT2D eigenvalue weighted by molar-refractivity contribution is -0.109. The van der Waals surface area contributed by atoms with Gasteiger partial charge in [0.05, 0.1) is 19.7 Å². The molecule has 0 aliphatic carbocycles. The van der Waals surface area contributed by atoms with Gasteiger partial charge in [-0.3, -0.25) is 0 Å². The second-order valence-electron chi connectivity index (χ2n) is 6.29. The quantitative estimate of drug-likeness (QED) is 0.811. The fourth-order valence-electron chi connectivity index (χ4n) is 2.59. The molecule has 0 radical (unpaired) electrons. The lowest BCUT2D eigenvalue weighted by atomic mass is 9.90. The first kappa shape index (κ1) is 13.6. The number of carbonyl (C=O) groups excluding carboxylic acids is 1. The van der Waals surface area contributed by atoms with Gasteiger partial charge in [-0.2, -0.15) is 0 Å². The van der Waals surface area contributed by atoms with Gasteiger partial charge in [-0.15, -0.1) is 0 Å². The van der Waals surface area contributed by atoms with Gasteiger partial charge in [-0.05, 0) is 33.7 Å². The van der Waals surface area contributed by atoms with Gasteiger partial charge in [0.15, 0.2) is 0 Å². The van der Waals surface area contributed by atoms with Gasteiger partial charge < -0.3 is 19.7 Å². The Morgan fingerprint density at radius 2 is 2.17 bits per heavy atom. The summed E-state index contributed by atoms with van der Waals surface area (Å²) in [5.41, 5.74) is -0.549. The minimum atomic E-state index is -0.428. The van der Waals surface area contributed by atoms with Crippen LogP contribution in [0.5, 0.6) is 0 Å². The van der Waals surface area contributed by atoms with Crippen LogP contribution in [0.4, 0.5) is 4.79 Å². The van der Waals surface area contributed by atoms with Gasteiger partial charge in [0, 0.05) is 6.04 Å². The van der Waals surface area contributed by atoms with E-state index < -0.39 is 5.60 Å². The number of hydrogen-bond donors (Lipinski definition) is 1. The van der Waals surface area contributed by atoms with E-state index in [4.69, 9.17) is 9.47 Å². The second kappa shape index (κ2) is 4.70.